The second-order valence-electron chi connectivity index (χ2n) is 5.96. The number of rotatable bonds is 4. The van der Waals surface area contributed by atoms with Gasteiger partial charge in [0.25, 0.3) is 5.91 Å². The largest absolute Gasteiger partial charge is 0.392 e. The van der Waals surface area contributed by atoms with Crippen molar-refractivity contribution in [3.8, 4) is 5.69 Å². The first-order valence-corrected chi connectivity index (χ1v) is 7.91. The van der Waals surface area contributed by atoms with E-state index in [0.717, 1.165) is 18.8 Å². The Hall–Kier alpha value is -2.18. The van der Waals surface area contributed by atoms with Gasteiger partial charge in [0, 0.05) is 56.4 Å². The van der Waals surface area contributed by atoms with Crippen LogP contribution < -0.4 is 0 Å². The van der Waals surface area contributed by atoms with Gasteiger partial charge in [-0.2, -0.15) is 0 Å². The third kappa shape index (κ3) is 3.78. The van der Waals surface area contributed by atoms with Gasteiger partial charge in [0.05, 0.1) is 12.4 Å². The number of β-amino-alcohol motifs (C(OH)–C–C–N with tert-alkyl or cyclic N) is 1. The molecular weight excluding hydrogens is 292 g/mol. The first kappa shape index (κ1) is 15.7. The van der Waals surface area contributed by atoms with Crippen LogP contribution in [0.5, 0.6) is 0 Å². The van der Waals surface area contributed by atoms with E-state index in [1.54, 1.807) is 19.4 Å². The van der Waals surface area contributed by atoms with Crippen LogP contribution in [0.4, 0.5) is 0 Å². The summed E-state index contributed by atoms with van der Waals surface area (Å²) >= 11 is 0. The molecule has 1 unspecified atom stereocenters. The van der Waals surface area contributed by atoms with E-state index >= 15 is 0 Å². The van der Waals surface area contributed by atoms with Crippen molar-refractivity contribution in [3.05, 3.63) is 48.5 Å². The smallest absolute Gasteiger partial charge is 0.253 e. The van der Waals surface area contributed by atoms with E-state index in [4.69, 9.17) is 0 Å². The van der Waals surface area contributed by atoms with E-state index in [1.807, 2.05) is 39.9 Å². The Morgan fingerprint density at radius 2 is 1.91 bits per heavy atom. The molecule has 1 N–H and O–H groups in total. The molecule has 0 saturated carbocycles. The van der Waals surface area contributed by atoms with E-state index in [9.17, 15) is 9.90 Å². The van der Waals surface area contributed by atoms with Gasteiger partial charge in [-0.15, -0.1) is 0 Å². The minimum absolute atomic E-state index is 0.0684. The van der Waals surface area contributed by atoms with Gasteiger partial charge in [-0.1, -0.05) is 0 Å². The molecule has 1 aromatic heterocycles. The minimum Gasteiger partial charge on any atom is -0.392 e. The van der Waals surface area contributed by atoms with Gasteiger partial charge >= 0.3 is 0 Å². The maximum Gasteiger partial charge on any atom is 0.253 e. The van der Waals surface area contributed by atoms with E-state index < -0.39 is 0 Å². The van der Waals surface area contributed by atoms with Crippen LogP contribution in [0.15, 0.2) is 43.0 Å². The molecule has 122 valence electrons. The molecule has 1 aromatic carbocycles. The van der Waals surface area contributed by atoms with E-state index in [0.29, 0.717) is 25.2 Å². The number of hydrogen-bond acceptors (Lipinski definition) is 4. The summed E-state index contributed by atoms with van der Waals surface area (Å²) in [6, 6.07) is 7.58. The predicted molar refractivity (Wildman–Crippen MR) is 87.6 cm³/mol. The molecule has 1 amide bonds. The fourth-order valence-electron chi connectivity index (χ4n) is 2.88. The number of amides is 1. The molecule has 1 saturated heterocycles. The number of carbonyl (C=O) groups excluding carboxylic acids is 1. The van der Waals surface area contributed by atoms with Crippen molar-refractivity contribution in [2.24, 2.45) is 0 Å². The lowest BCUT2D eigenvalue weighted by Gasteiger charge is -2.35. The van der Waals surface area contributed by atoms with Crippen LogP contribution >= 0.6 is 0 Å². The highest BCUT2D eigenvalue weighted by atomic mass is 16.3. The van der Waals surface area contributed by atoms with Crippen molar-refractivity contribution < 1.29 is 9.90 Å². The van der Waals surface area contributed by atoms with Crippen LogP contribution in [0.25, 0.3) is 5.69 Å². The van der Waals surface area contributed by atoms with Crippen molar-refractivity contribution >= 4 is 5.91 Å². The molecule has 2 aromatic rings. The van der Waals surface area contributed by atoms with Crippen LogP contribution in [0, 0.1) is 0 Å². The summed E-state index contributed by atoms with van der Waals surface area (Å²) in [4.78, 5) is 20.7. The summed E-state index contributed by atoms with van der Waals surface area (Å²) in [7, 11) is 0. The molecule has 23 heavy (non-hydrogen) atoms. The topological polar surface area (TPSA) is 61.6 Å². The van der Waals surface area contributed by atoms with Gasteiger partial charge in [-0.25, -0.2) is 4.98 Å². The van der Waals surface area contributed by atoms with Crippen molar-refractivity contribution in [3.63, 3.8) is 0 Å². The molecule has 1 aliphatic rings. The maximum absolute atomic E-state index is 12.6. The first-order valence-electron chi connectivity index (χ1n) is 7.91. The molecule has 1 fully saturated rings. The zero-order valence-electron chi connectivity index (χ0n) is 13.3. The average molecular weight is 314 g/mol. The summed E-state index contributed by atoms with van der Waals surface area (Å²) in [6.45, 7) is 5.48. The Morgan fingerprint density at radius 3 is 2.48 bits per heavy atom. The summed E-state index contributed by atoms with van der Waals surface area (Å²) in [5, 5.41) is 9.43. The fraction of sp³-hybridized carbons (Fsp3) is 0.412. The Morgan fingerprint density at radius 1 is 1.22 bits per heavy atom. The number of imidazole rings is 1. The summed E-state index contributed by atoms with van der Waals surface area (Å²) in [6.07, 6.45) is 5.01. The number of aliphatic hydroxyl groups excluding tert-OH is 1. The van der Waals surface area contributed by atoms with E-state index in [-0.39, 0.29) is 12.0 Å². The third-order valence-electron chi connectivity index (χ3n) is 4.10. The number of benzene rings is 1. The summed E-state index contributed by atoms with van der Waals surface area (Å²) in [5.41, 5.74) is 1.69. The molecule has 0 radical (unpaired) electrons. The van der Waals surface area contributed by atoms with Crippen molar-refractivity contribution in [2.45, 2.75) is 13.0 Å². The first-order chi connectivity index (χ1) is 11.1. The monoisotopic (exact) mass is 314 g/mol. The van der Waals surface area contributed by atoms with E-state index in [2.05, 4.69) is 9.88 Å². The number of aromatic nitrogens is 2. The summed E-state index contributed by atoms with van der Waals surface area (Å²) < 4.78 is 1.91. The number of nitrogens with zero attached hydrogens (tertiary/aromatic N) is 4. The standard InChI is InChI=1S/C17H22N4O2/c1-14(22)12-19-8-10-20(11-9-19)17(23)15-2-4-16(5-3-15)21-7-6-18-13-21/h2-7,13-14,22H,8-12H2,1H3. The number of piperazine rings is 1. The highest BCUT2D eigenvalue weighted by Crippen LogP contribution is 2.13. The lowest BCUT2D eigenvalue weighted by Crippen LogP contribution is -2.50. The molecule has 1 atom stereocenters. The molecule has 0 spiro atoms. The number of aliphatic hydroxyl groups is 1. The van der Waals surface area contributed by atoms with Gasteiger partial charge in [0.1, 0.15) is 0 Å². The van der Waals surface area contributed by atoms with Gasteiger partial charge in [-0.05, 0) is 31.2 Å². The second kappa shape index (κ2) is 6.93. The molecule has 0 bridgehead atoms. The third-order valence-corrected chi connectivity index (χ3v) is 4.10. The normalized spacial score (nSPS) is 17.2. The van der Waals surface area contributed by atoms with Crippen LogP contribution in [0.1, 0.15) is 17.3 Å². The predicted octanol–water partition coefficient (Wildman–Crippen LogP) is 1.01. The van der Waals surface area contributed by atoms with Crippen LogP contribution in [-0.2, 0) is 0 Å². The Labute approximate surface area is 136 Å². The lowest BCUT2D eigenvalue weighted by molar-refractivity contribution is 0.0554. The van der Waals surface area contributed by atoms with Gasteiger partial charge < -0.3 is 14.6 Å². The molecule has 0 aliphatic carbocycles. The van der Waals surface area contributed by atoms with Gasteiger partial charge in [-0.3, -0.25) is 9.69 Å². The average Bonchev–Trinajstić information content (AvgIpc) is 3.09. The highest BCUT2D eigenvalue weighted by molar-refractivity contribution is 5.94. The Balaban J connectivity index is 1.60. The molecule has 2 heterocycles. The van der Waals surface area contributed by atoms with Crippen LogP contribution in [0.2, 0.25) is 0 Å². The van der Waals surface area contributed by atoms with Crippen LogP contribution in [0.3, 0.4) is 0 Å². The minimum atomic E-state index is -0.326. The fourth-order valence-corrected chi connectivity index (χ4v) is 2.88. The summed E-state index contributed by atoms with van der Waals surface area (Å²) in [5.74, 6) is 0.0684. The number of hydrogen-bond donors (Lipinski definition) is 1. The lowest BCUT2D eigenvalue weighted by atomic mass is 10.1. The van der Waals surface area contributed by atoms with Gasteiger partial charge in [0.2, 0.25) is 0 Å². The zero-order valence-corrected chi connectivity index (χ0v) is 13.3. The van der Waals surface area contributed by atoms with Crippen molar-refractivity contribution in [1.82, 2.24) is 19.4 Å². The van der Waals surface area contributed by atoms with Crippen molar-refractivity contribution in [1.29, 1.82) is 0 Å². The molecular formula is C17H22N4O2. The molecule has 3 rings (SSSR count). The van der Waals surface area contributed by atoms with E-state index in [1.165, 1.54) is 0 Å². The Kier molecular flexibility index (Phi) is 4.73. The second-order valence-corrected chi connectivity index (χ2v) is 5.96. The van der Waals surface area contributed by atoms with Crippen molar-refractivity contribution in [2.75, 3.05) is 32.7 Å². The van der Waals surface area contributed by atoms with Crippen LogP contribution in [-0.4, -0.2) is 69.2 Å². The SMILES string of the molecule is CC(O)CN1CCN(C(=O)c2ccc(-n3ccnc3)cc2)CC1. The maximum atomic E-state index is 12.6. The quantitative estimate of drug-likeness (QED) is 0.915. The molecule has 1 aliphatic heterocycles. The number of carbonyl (C=O) groups is 1. The molecule has 6 nitrogen and oxygen atoms in total. The zero-order chi connectivity index (χ0) is 16.2. The molecule has 6 heteroatoms. The Bertz CT molecular complexity index is 629. The highest BCUT2D eigenvalue weighted by Gasteiger charge is 2.22. The van der Waals surface area contributed by atoms with Gasteiger partial charge in [0.15, 0.2) is 0 Å².